The quantitative estimate of drug-likeness (QED) is 0.449. The van der Waals surface area contributed by atoms with Gasteiger partial charge in [-0.3, -0.25) is 9.30 Å². The molecule has 0 atom stereocenters. The van der Waals surface area contributed by atoms with E-state index in [1.54, 1.807) is 7.11 Å². The number of hydrogen-bond donors (Lipinski definition) is 0. The number of ether oxygens (including phenoxy) is 1. The zero-order valence-electron chi connectivity index (χ0n) is 17.9. The first-order valence-electron chi connectivity index (χ1n) is 10.2. The summed E-state index contributed by atoms with van der Waals surface area (Å²) >= 11 is 0. The van der Waals surface area contributed by atoms with Crippen molar-refractivity contribution in [2.24, 2.45) is 0 Å². The van der Waals surface area contributed by atoms with Gasteiger partial charge in [0.15, 0.2) is 0 Å². The smallest absolute Gasteiger partial charge is 0.215 e. The summed E-state index contributed by atoms with van der Waals surface area (Å²) in [5.74, 6) is 1.88. The molecule has 2 aromatic carbocycles. The van der Waals surface area contributed by atoms with Gasteiger partial charge in [0, 0.05) is 51.0 Å². The zero-order valence-corrected chi connectivity index (χ0v) is 19.5. The lowest BCUT2D eigenvalue weighted by Crippen LogP contribution is -2.45. The van der Waals surface area contributed by atoms with Gasteiger partial charge < -0.3 is 14.2 Å². The Morgan fingerprint density at radius 1 is 0.903 bits per heavy atom. The molecule has 0 spiro atoms. The molecule has 0 saturated carbocycles. The number of aromatic nitrogens is 3. The average molecular weight is 462 g/mol. The molecule has 31 heavy (non-hydrogen) atoms. The van der Waals surface area contributed by atoms with E-state index in [0.717, 1.165) is 61.8 Å². The van der Waals surface area contributed by atoms with Gasteiger partial charge in [-0.05, 0) is 43.4 Å². The van der Waals surface area contributed by atoms with E-state index in [1.807, 2.05) is 18.2 Å². The second kappa shape index (κ2) is 9.92. The highest BCUT2D eigenvalue weighted by Crippen LogP contribution is 2.28. The van der Waals surface area contributed by atoms with Crippen molar-refractivity contribution >= 4 is 41.6 Å². The standard InChI is InChI=1S/C23H27N5O.2ClH/c1-25-11-13-26(14-12-25)15-16-27-22(18-7-9-19(29-2)10-8-18)17-28-21-6-4-3-5-20(21)24-23(27)28;;/h3-10,17H,11-16H2,1-2H3;2*1H. The van der Waals surface area contributed by atoms with Crippen molar-refractivity contribution in [3.05, 3.63) is 54.7 Å². The van der Waals surface area contributed by atoms with Gasteiger partial charge in [0.25, 0.3) is 0 Å². The number of methoxy groups -OCH3 is 1. The number of hydrogen-bond acceptors (Lipinski definition) is 4. The molecule has 8 heteroatoms. The maximum Gasteiger partial charge on any atom is 0.215 e. The molecule has 2 aromatic heterocycles. The molecule has 0 unspecified atom stereocenters. The van der Waals surface area contributed by atoms with Crippen LogP contribution in [0.1, 0.15) is 0 Å². The molecule has 4 aromatic rings. The Morgan fingerprint density at radius 2 is 1.61 bits per heavy atom. The second-order valence-electron chi connectivity index (χ2n) is 7.81. The summed E-state index contributed by atoms with van der Waals surface area (Å²) in [5, 5.41) is 0. The third-order valence-corrected chi connectivity index (χ3v) is 5.98. The number of benzene rings is 2. The van der Waals surface area contributed by atoms with E-state index in [-0.39, 0.29) is 24.8 Å². The van der Waals surface area contributed by atoms with Crippen molar-refractivity contribution < 1.29 is 4.74 Å². The lowest BCUT2D eigenvalue weighted by atomic mass is 10.1. The van der Waals surface area contributed by atoms with Crippen molar-refractivity contribution in [3.63, 3.8) is 0 Å². The van der Waals surface area contributed by atoms with Crippen LogP contribution < -0.4 is 4.74 Å². The van der Waals surface area contributed by atoms with E-state index in [0.29, 0.717) is 0 Å². The van der Waals surface area contributed by atoms with Gasteiger partial charge in [0.05, 0.1) is 23.8 Å². The van der Waals surface area contributed by atoms with E-state index in [9.17, 15) is 0 Å². The van der Waals surface area contributed by atoms with E-state index in [1.165, 1.54) is 11.3 Å². The molecule has 6 nitrogen and oxygen atoms in total. The number of piperazine rings is 1. The van der Waals surface area contributed by atoms with Crippen molar-refractivity contribution in [3.8, 4) is 17.0 Å². The first kappa shape index (κ1) is 23.4. The first-order valence-corrected chi connectivity index (χ1v) is 10.2. The number of imidazole rings is 2. The van der Waals surface area contributed by atoms with Crippen LogP contribution in [0, 0.1) is 0 Å². The highest BCUT2D eigenvalue weighted by molar-refractivity contribution is 5.85. The Labute approximate surface area is 195 Å². The summed E-state index contributed by atoms with van der Waals surface area (Å²) in [4.78, 5) is 9.90. The molecule has 1 aliphatic heterocycles. The van der Waals surface area contributed by atoms with Gasteiger partial charge in [-0.2, -0.15) is 0 Å². The highest BCUT2D eigenvalue weighted by Gasteiger charge is 2.18. The monoisotopic (exact) mass is 461 g/mol. The van der Waals surface area contributed by atoms with Gasteiger partial charge in [-0.1, -0.05) is 12.1 Å². The normalized spacial score (nSPS) is 15.0. The molecule has 5 rings (SSSR count). The molecule has 0 amide bonds. The van der Waals surface area contributed by atoms with Crippen LogP contribution in [0.5, 0.6) is 5.75 Å². The number of fused-ring (bicyclic) bond motifs is 3. The van der Waals surface area contributed by atoms with E-state index in [4.69, 9.17) is 9.72 Å². The lowest BCUT2D eigenvalue weighted by Gasteiger charge is -2.32. The molecule has 1 aliphatic rings. The van der Waals surface area contributed by atoms with E-state index >= 15 is 0 Å². The minimum atomic E-state index is 0. The Bertz CT molecular complexity index is 1130. The van der Waals surface area contributed by atoms with E-state index in [2.05, 4.69) is 62.3 Å². The molecule has 1 saturated heterocycles. The molecule has 0 bridgehead atoms. The van der Waals surface area contributed by atoms with Crippen molar-refractivity contribution in [2.75, 3.05) is 46.9 Å². The fraction of sp³-hybridized carbons (Fsp3) is 0.348. The van der Waals surface area contributed by atoms with Crippen LogP contribution in [0.25, 0.3) is 28.1 Å². The predicted octanol–water partition coefficient (Wildman–Crippen LogP) is 4.06. The molecule has 0 N–H and O–H groups in total. The fourth-order valence-corrected chi connectivity index (χ4v) is 4.17. The predicted molar refractivity (Wildman–Crippen MR) is 131 cm³/mol. The summed E-state index contributed by atoms with van der Waals surface area (Å²) in [6, 6.07) is 16.6. The van der Waals surface area contributed by atoms with Gasteiger partial charge in [0.1, 0.15) is 5.75 Å². The molecular weight excluding hydrogens is 433 g/mol. The topological polar surface area (TPSA) is 37.9 Å². The Hall–Kier alpha value is -2.25. The third kappa shape index (κ3) is 4.53. The Balaban J connectivity index is 0.00000136. The summed E-state index contributed by atoms with van der Waals surface area (Å²) in [6.07, 6.45) is 2.22. The number of likely N-dealkylation sites (N-methyl/N-ethyl adjacent to an activating group) is 1. The largest absolute Gasteiger partial charge is 0.497 e. The van der Waals surface area contributed by atoms with Crippen LogP contribution in [-0.4, -0.2) is 70.6 Å². The lowest BCUT2D eigenvalue weighted by molar-refractivity contribution is 0.150. The van der Waals surface area contributed by atoms with E-state index < -0.39 is 0 Å². The minimum Gasteiger partial charge on any atom is -0.497 e. The van der Waals surface area contributed by atoms with Gasteiger partial charge in [0.2, 0.25) is 5.78 Å². The summed E-state index contributed by atoms with van der Waals surface area (Å²) in [6.45, 7) is 6.49. The van der Waals surface area contributed by atoms with Crippen LogP contribution in [0.4, 0.5) is 0 Å². The van der Waals surface area contributed by atoms with Crippen molar-refractivity contribution in [1.29, 1.82) is 0 Å². The molecular formula is C23H29Cl2N5O. The first-order chi connectivity index (χ1) is 14.2. The number of para-hydroxylation sites is 2. The number of nitrogens with zero attached hydrogens (tertiary/aromatic N) is 5. The Kier molecular flexibility index (Phi) is 7.49. The number of halogens is 2. The van der Waals surface area contributed by atoms with Gasteiger partial charge in [-0.25, -0.2) is 4.98 Å². The second-order valence-corrected chi connectivity index (χ2v) is 7.81. The van der Waals surface area contributed by atoms with Crippen molar-refractivity contribution in [1.82, 2.24) is 23.8 Å². The SMILES string of the molecule is COc1ccc(-c2cn3c4ccccc4nc3n2CCN2CCN(C)CC2)cc1.Cl.Cl. The van der Waals surface area contributed by atoms with Gasteiger partial charge in [-0.15, -0.1) is 24.8 Å². The van der Waals surface area contributed by atoms with Gasteiger partial charge >= 0.3 is 0 Å². The molecule has 1 fully saturated rings. The van der Waals surface area contributed by atoms with Crippen molar-refractivity contribution in [2.45, 2.75) is 6.54 Å². The Morgan fingerprint density at radius 3 is 2.32 bits per heavy atom. The van der Waals surface area contributed by atoms with Crippen LogP contribution in [0.2, 0.25) is 0 Å². The summed E-state index contributed by atoms with van der Waals surface area (Å²) in [5.41, 5.74) is 4.56. The molecule has 0 radical (unpaired) electrons. The van der Waals surface area contributed by atoms with Crippen LogP contribution in [-0.2, 0) is 6.54 Å². The zero-order chi connectivity index (χ0) is 19.8. The third-order valence-electron chi connectivity index (χ3n) is 5.98. The fourth-order valence-electron chi connectivity index (χ4n) is 4.17. The maximum absolute atomic E-state index is 5.34. The highest BCUT2D eigenvalue weighted by atomic mass is 35.5. The average Bonchev–Trinajstić information content (AvgIpc) is 3.30. The summed E-state index contributed by atoms with van der Waals surface area (Å²) in [7, 11) is 3.90. The molecule has 0 aliphatic carbocycles. The number of rotatable bonds is 5. The van der Waals surface area contributed by atoms with Crippen LogP contribution in [0.3, 0.4) is 0 Å². The van der Waals surface area contributed by atoms with Crippen LogP contribution >= 0.6 is 24.8 Å². The van der Waals surface area contributed by atoms with Crippen LogP contribution in [0.15, 0.2) is 54.7 Å². The molecule has 3 heterocycles. The minimum absolute atomic E-state index is 0. The summed E-state index contributed by atoms with van der Waals surface area (Å²) < 4.78 is 9.92. The maximum atomic E-state index is 5.34. The molecule has 166 valence electrons.